The average molecular weight is 433 g/mol. The molecule has 6 atom stereocenters. The molecule has 0 amide bonds. The maximum Gasteiger partial charge on any atom is 0.193 e. The number of rotatable bonds is 0. The predicted octanol–water partition coefficient (Wildman–Crippen LogP) is 4.79. The van der Waals surface area contributed by atoms with Gasteiger partial charge in [0.05, 0.1) is 0 Å². The van der Waals surface area contributed by atoms with Crippen molar-refractivity contribution in [1.82, 2.24) is 4.98 Å². The molecular weight excluding hydrogens is 400 g/mol. The highest BCUT2D eigenvalue weighted by molar-refractivity contribution is 5.97. The van der Waals surface area contributed by atoms with E-state index in [1.165, 1.54) is 22.2 Å². The largest absolute Gasteiger partial charge is 0.399 e. The van der Waals surface area contributed by atoms with Crippen molar-refractivity contribution in [2.75, 3.05) is 5.73 Å². The Labute approximate surface area is 188 Å². The molecule has 5 aliphatic rings. The van der Waals surface area contributed by atoms with Gasteiger partial charge in [-0.1, -0.05) is 13.8 Å². The number of nitrogens with two attached hydrogens (primary N) is 1. The van der Waals surface area contributed by atoms with Crippen molar-refractivity contribution < 1.29 is 14.3 Å². The third-order valence-corrected chi connectivity index (χ3v) is 10.2. The van der Waals surface area contributed by atoms with Gasteiger partial charge in [-0.25, -0.2) is 0 Å². The molecule has 3 fully saturated rings. The standard InChI is InChI=1S/C27H32N2O3/c1-24(2)23-21(30)13-19-18-7-5-14-11-17-16-12-15(28)6-8-20(16)29-22(17)26(14,4)25(18,3)9-10-27(19,31-23)32-24/h6,8,12-14,18,23,29H,5,7,9-11,28H2,1-4H3/t14-,18?,23-,25-,26+,27-/m0/s1. The number of carbonyl (C=O) groups is 1. The first-order valence-electron chi connectivity index (χ1n) is 12.1. The first kappa shape index (κ1) is 19.4. The third kappa shape index (κ3) is 1.98. The second kappa shape index (κ2) is 5.51. The number of ether oxygens (including phenoxy) is 2. The molecule has 7 rings (SSSR count). The molecule has 2 aromatic rings. The SMILES string of the molecule is CC1(C)O[C@@]23CC[C@@]4(C)C(CC[C@H]5Cc6c([nH]c7ccc(N)cc67)[C@@]54C)C2=CC(=O)[C@@H]1O3. The van der Waals surface area contributed by atoms with Crippen LogP contribution in [0.5, 0.6) is 0 Å². The number of nitrogens with one attached hydrogen (secondary N) is 1. The Morgan fingerprint density at radius 3 is 2.75 bits per heavy atom. The molecule has 1 saturated heterocycles. The number of nitrogen functional groups attached to an aromatic ring is 1. The number of fused-ring (bicyclic) bond motifs is 9. The van der Waals surface area contributed by atoms with Crippen molar-refractivity contribution in [3.63, 3.8) is 0 Å². The van der Waals surface area contributed by atoms with Crippen LogP contribution in [0.2, 0.25) is 0 Å². The minimum absolute atomic E-state index is 0.00942. The van der Waals surface area contributed by atoms with Crippen LogP contribution in [0.1, 0.15) is 64.6 Å². The summed E-state index contributed by atoms with van der Waals surface area (Å²) in [6.45, 7) is 8.92. The number of H-pyrrole nitrogens is 1. The summed E-state index contributed by atoms with van der Waals surface area (Å²) in [5, 5.41) is 1.28. The van der Waals surface area contributed by atoms with E-state index in [1.807, 2.05) is 26.0 Å². The van der Waals surface area contributed by atoms with Crippen LogP contribution in [0.4, 0.5) is 5.69 Å². The van der Waals surface area contributed by atoms with Gasteiger partial charge in [0.25, 0.3) is 0 Å². The summed E-state index contributed by atoms with van der Waals surface area (Å²) in [4.78, 5) is 16.9. The van der Waals surface area contributed by atoms with E-state index in [9.17, 15) is 4.79 Å². The number of hydrogen-bond acceptors (Lipinski definition) is 4. The number of aromatic amines is 1. The molecule has 3 heterocycles. The number of hydrogen-bond donors (Lipinski definition) is 2. The van der Waals surface area contributed by atoms with Crippen LogP contribution < -0.4 is 5.73 Å². The fraction of sp³-hybridized carbons (Fsp3) is 0.593. The van der Waals surface area contributed by atoms with Gasteiger partial charge in [0, 0.05) is 34.1 Å². The van der Waals surface area contributed by atoms with Crippen molar-refractivity contribution in [1.29, 1.82) is 0 Å². The molecule has 5 nitrogen and oxygen atoms in total. The van der Waals surface area contributed by atoms with Crippen molar-refractivity contribution >= 4 is 22.4 Å². The van der Waals surface area contributed by atoms with Gasteiger partial charge in [0.1, 0.15) is 5.60 Å². The third-order valence-electron chi connectivity index (χ3n) is 10.2. The predicted molar refractivity (Wildman–Crippen MR) is 123 cm³/mol. The normalized spacial score (nSPS) is 43.4. The van der Waals surface area contributed by atoms with E-state index in [4.69, 9.17) is 15.2 Å². The molecule has 168 valence electrons. The Hall–Kier alpha value is -2.11. The topological polar surface area (TPSA) is 77.3 Å². The molecule has 2 saturated carbocycles. The summed E-state index contributed by atoms with van der Waals surface area (Å²) >= 11 is 0. The lowest BCUT2D eigenvalue weighted by atomic mass is 9.44. The van der Waals surface area contributed by atoms with Crippen LogP contribution in [0.25, 0.3) is 10.9 Å². The lowest BCUT2D eigenvalue weighted by Gasteiger charge is -2.61. The lowest BCUT2D eigenvalue weighted by Crippen LogP contribution is -2.60. The Bertz CT molecular complexity index is 1240. The summed E-state index contributed by atoms with van der Waals surface area (Å²) in [6.07, 6.45) is 6.59. The first-order valence-corrected chi connectivity index (χ1v) is 12.1. The zero-order valence-corrected chi connectivity index (χ0v) is 19.4. The smallest absolute Gasteiger partial charge is 0.193 e. The molecular formula is C27H32N2O3. The van der Waals surface area contributed by atoms with Crippen molar-refractivity contribution in [3.8, 4) is 0 Å². The number of anilines is 1. The fourth-order valence-electron chi connectivity index (χ4n) is 8.44. The maximum atomic E-state index is 13.1. The second-order valence-corrected chi connectivity index (χ2v) is 11.9. The monoisotopic (exact) mass is 432 g/mol. The first-order chi connectivity index (χ1) is 15.1. The van der Waals surface area contributed by atoms with Gasteiger partial charge in [0.15, 0.2) is 17.7 Å². The van der Waals surface area contributed by atoms with Crippen LogP contribution in [0, 0.1) is 17.3 Å². The molecule has 3 N–H and O–H groups in total. The van der Waals surface area contributed by atoms with Gasteiger partial charge < -0.3 is 20.2 Å². The molecule has 1 aromatic heterocycles. The van der Waals surface area contributed by atoms with E-state index in [-0.39, 0.29) is 22.5 Å². The lowest BCUT2D eigenvalue weighted by molar-refractivity contribution is -0.205. The molecule has 1 spiro atoms. The molecule has 0 radical (unpaired) electrons. The Morgan fingerprint density at radius 1 is 1.12 bits per heavy atom. The van der Waals surface area contributed by atoms with Gasteiger partial charge in [-0.15, -0.1) is 0 Å². The number of aromatic nitrogens is 1. The minimum atomic E-state index is -0.716. The Kier molecular flexibility index (Phi) is 3.33. The Morgan fingerprint density at radius 2 is 1.94 bits per heavy atom. The quantitative estimate of drug-likeness (QED) is 0.587. The zero-order valence-electron chi connectivity index (χ0n) is 19.4. The number of benzene rings is 1. The van der Waals surface area contributed by atoms with Crippen molar-refractivity contribution in [2.45, 2.75) is 82.7 Å². The molecule has 5 heteroatoms. The van der Waals surface area contributed by atoms with Gasteiger partial charge in [-0.2, -0.15) is 0 Å². The van der Waals surface area contributed by atoms with E-state index in [0.717, 1.165) is 43.4 Å². The zero-order chi connectivity index (χ0) is 22.3. The van der Waals surface area contributed by atoms with Crippen LogP contribution in [0.3, 0.4) is 0 Å². The second-order valence-electron chi connectivity index (χ2n) is 11.9. The van der Waals surface area contributed by atoms with Crippen LogP contribution in [0.15, 0.2) is 29.8 Å². The van der Waals surface area contributed by atoms with Crippen molar-refractivity contribution in [2.24, 2.45) is 17.3 Å². The molecule has 3 aliphatic carbocycles. The van der Waals surface area contributed by atoms with Crippen LogP contribution >= 0.6 is 0 Å². The number of ketones is 1. The van der Waals surface area contributed by atoms with E-state index in [0.29, 0.717) is 5.92 Å². The fourth-order valence-corrected chi connectivity index (χ4v) is 8.44. The van der Waals surface area contributed by atoms with E-state index >= 15 is 0 Å². The van der Waals surface area contributed by atoms with E-state index in [1.54, 1.807) is 0 Å². The summed E-state index contributed by atoms with van der Waals surface area (Å²) in [5.74, 6) is 0.229. The highest BCUT2D eigenvalue weighted by Crippen LogP contribution is 2.70. The summed E-state index contributed by atoms with van der Waals surface area (Å²) < 4.78 is 13.0. The van der Waals surface area contributed by atoms with E-state index in [2.05, 4.69) is 31.0 Å². The highest BCUT2D eigenvalue weighted by Gasteiger charge is 2.69. The Balaban J connectivity index is 1.39. The molecule has 2 bridgehead atoms. The summed E-state index contributed by atoms with van der Waals surface area (Å²) in [5.41, 5.74) is 11.5. The maximum absolute atomic E-state index is 13.1. The van der Waals surface area contributed by atoms with Gasteiger partial charge in [-0.05, 0) is 92.2 Å². The minimum Gasteiger partial charge on any atom is -0.399 e. The molecule has 2 aliphatic heterocycles. The summed E-state index contributed by atoms with van der Waals surface area (Å²) in [6, 6.07) is 6.23. The molecule has 1 unspecified atom stereocenters. The van der Waals surface area contributed by atoms with Gasteiger partial charge >= 0.3 is 0 Å². The highest BCUT2D eigenvalue weighted by atomic mass is 16.8. The number of carbonyl (C=O) groups excluding carboxylic acids is 1. The van der Waals surface area contributed by atoms with Crippen LogP contribution in [-0.4, -0.2) is 28.3 Å². The average Bonchev–Trinajstić information content (AvgIpc) is 3.31. The van der Waals surface area contributed by atoms with E-state index < -0.39 is 17.5 Å². The van der Waals surface area contributed by atoms with Gasteiger partial charge in [0.2, 0.25) is 0 Å². The summed E-state index contributed by atoms with van der Waals surface area (Å²) in [7, 11) is 0. The van der Waals surface area contributed by atoms with Gasteiger partial charge in [-0.3, -0.25) is 4.79 Å². The van der Waals surface area contributed by atoms with Crippen molar-refractivity contribution in [3.05, 3.63) is 41.1 Å². The molecule has 32 heavy (non-hydrogen) atoms. The van der Waals surface area contributed by atoms with Crippen LogP contribution in [-0.2, 0) is 26.1 Å². The molecule has 1 aromatic carbocycles.